The van der Waals surface area contributed by atoms with Gasteiger partial charge in [-0.2, -0.15) is 0 Å². The Hall–Kier alpha value is -0.890. The highest BCUT2D eigenvalue weighted by Gasteiger charge is 2.40. The largest absolute Gasteiger partial charge is 0.309 e. The molecule has 1 atom stereocenters. The van der Waals surface area contributed by atoms with Gasteiger partial charge in [-0.05, 0) is 67.8 Å². The van der Waals surface area contributed by atoms with Crippen molar-refractivity contribution >= 4 is 0 Å². The Balaban J connectivity index is 2.38. The van der Waals surface area contributed by atoms with Crippen molar-refractivity contribution < 1.29 is 4.39 Å². The van der Waals surface area contributed by atoms with Gasteiger partial charge in [0.2, 0.25) is 0 Å². The van der Waals surface area contributed by atoms with Gasteiger partial charge in [-0.1, -0.05) is 32.8 Å². The van der Waals surface area contributed by atoms with E-state index in [0.717, 1.165) is 13.0 Å². The number of halogens is 1. The molecule has 1 unspecified atom stereocenters. The van der Waals surface area contributed by atoms with Gasteiger partial charge in [0, 0.05) is 6.04 Å². The second-order valence-corrected chi connectivity index (χ2v) is 6.31. The van der Waals surface area contributed by atoms with Gasteiger partial charge in [0.1, 0.15) is 5.82 Å². The minimum Gasteiger partial charge on any atom is -0.309 e. The molecule has 0 radical (unpaired) electrons. The first kappa shape index (κ1) is 15.5. The lowest BCUT2D eigenvalue weighted by Gasteiger charge is -2.39. The molecule has 0 bridgehead atoms. The van der Waals surface area contributed by atoms with Crippen molar-refractivity contribution in [1.29, 1.82) is 0 Å². The van der Waals surface area contributed by atoms with Gasteiger partial charge in [-0.25, -0.2) is 4.39 Å². The Morgan fingerprint density at radius 3 is 2.55 bits per heavy atom. The van der Waals surface area contributed by atoms with Crippen molar-refractivity contribution in [3.05, 3.63) is 35.1 Å². The molecule has 1 fully saturated rings. The van der Waals surface area contributed by atoms with E-state index < -0.39 is 0 Å². The maximum Gasteiger partial charge on any atom is 0.123 e. The lowest BCUT2D eigenvalue weighted by molar-refractivity contribution is 0.186. The molecule has 0 heterocycles. The van der Waals surface area contributed by atoms with Crippen molar-refractivity contribution in [3.63, 3.8) is 0 Å². The van der Waals surface area contributed by atoms with Crippen LogP contribution in [0.2, 0.25) is 0 Å². The van der Waals surface area contributed by atoms with Crippen LogP contribution in [0.3, 0.4) is 0 Å². The topological polar surface area (TPSA) is 12.0 Å². The first-order valence-electron chi connectivity index (χ1n) is 8.12. The van der Waals surface area contributed by atoms with Gasteiger partial charge in [-0.3, -0.25) is 0 Å². The highest BCUT2D eigenvalue weighted by molar-refractivity contribution is 5.31. The molecule has 2 rings (SSSR count). The SMILES string of the molecule is CCCNC(c1cc(F)ccc1C)C1(CC)CCCC1. The Morgan fingerprint density at radius 2 is 1.95 bits per heavy atom. The molecule has 0 amide bonds. The molecular formula is C18H28FN. The number of hydrogen-bond donors (Lipinski definition) is 1. The summed E-state index contributed by atoms with van der Waals surface area (Å²) >= 11 is 0. The van der Waals surface area contributed by atoms with Crippen LogP contribution in [0, 0.1) is 18.2 Å². The molecule has 1 N–H and O–H groups in total. The summed E-state index contributed by atoms with van der Waals surface area (Å²) in [6, 6.07) is 5.54. The molecule has 0 saturated heterocycles. The molecule has 1 saturated carbocycles. The minimum absolute atomic E-state index is 0.113. The fraction of sp³-hybridized carbons (Fsp3) is 0.667. The van der Waals surface area contributed by atoms with Gasteiger partial charge in [-0.15, -0.1) is 0 Å². The molecule has 0 spiro atoms. The minimum atomic E-state index is -0.113. The third-order valence-corrected chi connectivity index (χ3v) is 5.07. The fourth-order valence-electron chi connectivity index (χ4n) is 3.79. The Morgan fingerprint density at radius 1 is 1.25 bits per heavy atom. The van der Waals surface area contributed by atoms with Crippen LogP contribution < -0.4 is 5.32 Å². The predicted octanol–water partition coefficient (Wildman–Crippen LogP) is 5.15. The van der Waals surface area contributed by atoms with Crippen LogP contribution in [0.15, 0.2) is 18.2 Å². The molecule has 1 aliphatic rings. The van der Waals surface area contributed by atoms with E-state index in [1.54, 1.807) is 12.1 Å². The zero-order valence-corrected chi connectivity index (χ0v) is 13.1. The van der Waals surface area contributed by atoms with Gasteiger partial charge in [0.25, 0.3) is 0 Å². The Kier molecular flexibility index (Phi) is 5.20. The van der Waals surface area contributed by atoms with E-state index in [1.165, 1.54) is 43.2 Å². The molecule has 1 aliphatic carbocycles. The third-order valence-electron chi connectivity index (χ3n) is 5.07. The Bertz CT molecular complexity index is 435. The summed E-state index contributed by atoms with van der Waals surface area (Å²) in [5.74, 6) is -0.113. The molecule has 1 nitrogen and oxygen atoms in total. The van der Waals surface area contributed by atoms with E-state index >= 15 is 0 Å². The standard InChI is InChI=1S/C18H28FN/c1-4-12-20-17(18(5-2)10-6-7-11-18)16-13-15(19)9-8-14(16)3/h8-9,13,17,20H,4-7,10-12H2,1-3H3. The second-order valence-electron chi connectivity index (χ2n) is 6.31. The summed E-state index contributed by atoms with van der Waals surface area (Å²) in [7, 11) is 0. The summed E-state index contributed by atoms with van der Waals surface area (Å²) in [5.41, 5.74) is 2.69. The summed E-state index contributed by atoms with van der Waals surface area (Å²) in [6.45, 7) is 7.59. The van der Waals surface area contributed by atoms with Crippen LogP contribution in [0.25, 0.3) is 0 Å². The molecule has 0 aromatic heterocycles. The van der Waals surface area contributed by atoms with Gasteiger partial charge in [0.15, 0.2) is 0 Å². The van der Waals surface area contributed by atoms with E-state index in [-0.39, 0.29) is 5.82 Å². The highest BCUT2D eigenvalue weighted by atomic mass is 19.1. The quantitative estimate of drug-likeness (QED) is 0.758. The van der Waals surface area contributed by atoms with E-state index in [9.17, 15) is 4.39 Å². The number of benzene rings is 1. The highest BCUT2D eigenvalue weighted by Crippen LogP contribution is 2.50. The van der Waals surface area contributed by atoms with Crippen LogP contribution >= 0.6 is 0 Å². The van der Waals surface area contributed by atoms with Crippen LogP contribution in [-0.4, -0.2) is 6.54 Å². The van der Waals surface area contributed by atoms with Crippen molar-refractivity contribution in [3.8, 4) is 0 Å². The normalized spacial score (nSPS) is 19.2. The molecule has 112 valence electrons. The first-order valence-corrected chi connectivity index (χ1v) is 8.12. The zero-order valence-electron chi connectivity index (χ0n) is 13.1. The molecular weight excluding hydrogens is 249 g/mol. The molecule has 20 heavy (non-hydrogen) atoms. The molecule has 1 aromatic carbocycles. The lowest BCUT2D eigenvalue weighted by atomic mass is 9.72. The maximum absolute atomic E-state index is 13.7. The van der Waals surface area contributed by atoms with Gasteiger partial charge >= 0.3 is 0 Å². The van der Waals surface area contributed by atoms with Crippen molar-refractivity contribution in [2.75, 3.05) is 6.54 Å². The Labute approximate surface area is 123 Å². The first-order chi connectivity index (χ1) is 9.63. The average Bonchev–Trinajstić information content (AvgIpc) is 2.93. The van der Waals surface area contributed by atoms with Gasteiger partial charge in [0.05, 0.1) is 0 Å². The van der Waals surface area contributed by atoms with Gasteiger partial charge < -0.3 is 5.32 Å². The lowest BCUT2D eigenvalue weighted by Crippen LogP contribution is -2.37. The summed E-state index contributed by atoms with van der Waals surface area (Å²) < 4.78 is 13.7. The average molecular weight is 277 g/mol. The molecule has 1 aromatic rings. The van der Waals surface area contributed by atoms with Crippen molar-refractivity contribution in [2.45, 2.75) is 65.3 Å². The number of hydrogen-bond acceptors (Lipinski definition) is 1. The van der Waals surface area contributed by atoms with E-state index in [1.807, 2.05) is 6.07 Å². The second kappa shape index (κ2) is 6.71. The maximum atomic E-state index is 13.7. The monoisotopic (exact) mass is 277 g/mol. The smallest absolute Gasteiger partial charge is 0.123 e. The molecule has 2 heteroatoms. The third kappa shape index (κ3) is 3.06. The van der Waals surface area contributed by atoms with Crippen LogP contribution in [-0.2, 0) is 0 Å². The summed E-state index contributed by atoms with van der Waals surface area (Å²) in [5, 5.41) is 3.72. The fourth-order valence-corrected chi connectivity index (χ4v) is 3.79. The predicted molar refractivity (Wildman–Crippen MR) is 83.4 cm³/mol. The van der Waals surface area contributed by atoms with Crippen LogP contribution in [0.5, 0.6) is 0 Å². The summed E-state index contributed by atoms with van der Waals surface area (Å²) in [6.07, 6.45) is 7.44. The van der Waals surface area contributed by atoms with E-state index in [2.05, 4.69) is 26.1 Å². The zero-order chi connectivity index (χ0) is 14.6. The van der Waals surface area contributed by atoms with E-state index in [4.69, 9.17) is 0 Å². The van der Waals surface area contributed by atoms with E-state index in [0.29, 0.717) is 11.5 Å². The summed E-state index contributed by atoms with van der Waals surface area (Å²) in [4.78, 5) is 0. The van der Waals surface area contributed by atoms with Crippen LogP contribution in [0.1, 0.15) is 69.5 Å². The van der Waals surface area contributed by atoms with Crippen molar-refractivity contribution in [2.24, 2.45) is 5.41 Å². The number of aryl methyl sites for hydroxylation is 1. The van der Waals surface area contributed by atoms with Crippen molar-refractivity contribution in [1.82, 2.24) is 5.32 Å². The number of nitrogens with one attached hydrogen (secondary N) is 1. The van der Waals surface area contributed by atoms with Crippen LogP contribution in [0.4, 0.5) is 4.39 Å². The molecule has 0 aliphatic heterocycles. The number of rotatable bonds is 6.